The fourth-order valence-corrected chi connectivity index (χ4v) is 3.20. The van der Waals surface area contributed by atoms with E-state index < -0.39 is 6.10 Å². The number of aromatic nitrogens is 1. The molecular weight excluding hydrogens is 274 g/mol. The first-order chi connectivity index (χ1) is 9.83. The molecule has 0 bridgehead atoms. The Kier molecular flexibility index (Phi) is 4.34. The number of rotatable bonds is 5. The summed E-state index contributed by atoms with van der Waals surface area (Å²) in [6, 6.07) is 4.05. The highest BCUT2D eigenvalue weighted by atomic mass is 32.1. The molecule has 0 aromatic carbocycles. The molecule has 1 unspecified atom stereocenters. The van der Waals surface area contributed by atoms with Crippen molar-refractivity contribution in [1.82, 2.24) is 10.3 Å². The van der Waals surface area contributed by atoms with E-state index in [1.165, 1.54) is 0 Å². The van der Waals surface area contributed by atoms with Gasteiger partial charge in [0.1, 0.15) is 11.9 Å². The lowest BCUT2D eigenvalue weighted by Gasteiger charge is -2.32. The highest BCUT2D eigenvalue weighted by Gasteiger charge is 2.21. The van der Waals surface area contributed by atoms with Gasteiger partial charge in [-0.2, -0.15) is 0 Å². The zero-order valence-corrected chi connectivity index (χ0v) is 12.1. The fourth-order valence-electron chi connectivity index (χ4n) is 2.51. The number of aliphatic hydroxyl groups is 1. The van der Waals surface area contributed by atoms with E-state index in [9.17, 15) is 5.11 Å². The van der Waals surface area contributed by atoms with E-state index in [2.05, 4.69) is 15.2 Å². The molecule has 0 amide bonds. The lowest BCUT2D eigenvalue weighted by molar-refractivity contribution is 0.141. The molecule has 1 saturated heterocycles. The maximum Gasteiger partial charge on any atom is 0.185 e. The van der Waals surface area contributed by atoms with Gasteiger partial charge in [-0.25, -0.2) is 4.98 Å². The van der Waals surface area contributed by atoms with E-state index in [-0.39, 0.29) is 0 Å². The zero-order chi connectivity index (χ0) is 13.8. The van der Waals surface area contributed by atoms with Crippen molar-refractivity contribution < 1.29 is 9.52 Å². The average molecular weight is 293 g/mol. The number of hydrogen-bond acceptors (Lipinski definition) is 6. The Balaban J connectivity index is 1.43. The number of hydrogen-bond donors (Lipinski definition) is 2. The minimum absolute atomic E-state index is 0.454. The Bertz CT molecular complexity index is 492. The summed E-state index contributed by atoms with van der Waals surface area (Å²) in [6.07, 6.45) is 5.02. The van der Waals surface area contributed by atoms with Gasteiger partial charge in [-0.15, -0.1) is 11.3 Å². The summed E-state index contributed by atoms with van der Waals surface area (Å²) >= 11 is 1.69. The molecule has 2 N–H and O–H groups in total. The van der Waals surface area contributed by atoms with Crippen LogP contribution in [-0.4, -0.2) is 35.8 Å². The Morgan fingerprint density at radius 2 is 2.35 bits per heavy atom. The van der Waals surface area contributed by atoms with Crippen molar-refractivity contribution >= 4 is 16.5 Å². The molecule has 20 heavy (non-hydrogen) atoms. The molecule has 6 heteroatoms. The minimum Gasteiger partial charge on any atom is -0.467 e. The summed E-state index contributed by atoms with van der Waals surface area (Å²) in [4.78, 5) is 6.67. The molecule has 0 saturated carbocycles. The second-order valence-electron chi connectivity index (χ2n) is 5.02. The zero-order valence-electron chi connectivity index (χ0n) is 11.2. The largest absolute Gasteiger partial charge is 0.467 e. The topological polar surface area (TPSA) is 61.5 Å². The van der Waals surface area contributed by atoms with Crippen LogP contribution in [0.4, 0.5) is 5.13 Å². The number of thiazole rings is 1. The number of anilines is 1. The summed E-state index contributed by atoms with van der Waals surface area (Å²) in [7, 11) is 0. The van der Waals surface area contributed by atoms with Gasteiger partial charge in [0, 0.05) is 37.3 Å². The van der Waals surface area contributed by atoms with Crippen LogP contribution in [0.15, 0.2) is 34.4 Å². The molecule has 5 nitrogen and oxygen atoms in total. The van der Waals surface area contributed by atoms with Crippen molar-refractivity contribution in [2.45, 2.75) is 25.0 Å². The van der Waals surface area contributed by atoms with Crippen molar-refractivity contribution in [2.75, 3.05) is 24.5 Å². The van der Waals surface area contributed by atoms with Crippen LogP contribution in [0.1, 0.15) is 24.7 Å². The fraction of sp³-hybridized carbons (Fsp3) is 0.500. The smallest absolute Gasteiger partial charge is 0.185 e. The summed E-state index contributed by atoms with van der Waals surface area (Å²) in [5.41, 5.74) is 0. The monoisotopic (exact) mass is 293 g/mol. The molecule has 0 spiro atoms. The molecular formula is C14H19N3O2S. The molecule has 1 aliphatic heterocycles. The predicted molar refractivity (Wildman–Crippen MR) is 79.0 cm³/mol. The molecule has 0 aliphatic carbocycles. The van der Waals surface area contributed by atoms with Crippen molar-refractivity contribution in [3.8, 4) is 0 Å². The van der Waals surface area contributed by atoms with Gasteiger partial charge in [0.05, 0.1) is 6.26 Å². The highest BCUT2D eigenvalue weighted by Crippen LogP contribution is 2.22. The van der Waals surface area contributed by atoms with Crippen LogP contribution in [0.25, 0.3) is 0 Å². The quantitative estimate of drug-likeness (QED) is 0.883. The minimum atomic E-state index is -0.568. The lowest BCUT2D eigenvalue weighted by Crippen LogP contribution is -2.43. The Labute approximate surface area is 122 Å². The van der Waals surface area contributed by atoms with Gasteiger partial charge in [0.15, 0.2) is 5.13 Å². The van der Waals surface area contributed by atoms with E-state index in [1.807, 2.05) is 11.6 Å². The third kappa shape index (κ3) is 3.20. The SMILES string of the molecule is OC(CNC1CCN(c2nccs2)CC1)c1ccco1. The van der Waals surface area contributed by atoms with Crippen LogP contribution < -0.4 is 10.2 Å². The van der Waals surface area contributed by atoms with Gasteiger partial charge in [0.25, 0.3) is 0 Å². The highest BCUT2D eigenvalue weighted by molar-refractivity contribution is 7.13. The van der Waals surface area contributed by atoms with Crippen LogP contribution in [0.5, 0.6) is 0 Å². The third-order valence-electron chi connectivity index (χ3n) is 3.66. The van der Waals surface area contributed by atoms with Gasteiger partial charge in [-0.3, -0.25) is 0 Å². The van der Waals surface area contributed by atoms with Crippen LogP contribution in [0, 0.1) is 0 Å². The first kappa shape index (κ1) is 13.6. The Morgan fingerprint density at radius 1 is 1.50 bits per heavy atom. The molecule has 2 aromatic rings. The summed E-state index contributed by atoms with van der Waals surface area (Å²) < 4.78 is 5.20. The second-order valence-corrected chi connectivity index (χ2v) is 5.89. The maximum absolute atomic E-state index is 9.97. The number of furan rings is 1. The molecule has 3 rings (SSSR count). The van der Waals surface area contributed by atoms with Crippen molar-refractivity contribution in [3.05, 3.63) is 35.7 Å². The predicted octanol–water partition coefficient (Wildman–Crippen LogP) is 2.03. The van der Waals surface area contributed by atoms with Crippen LogP contribution in [0.3, 0.4) is 0 Å². The van der Waals surface area contributed by atoms with Gasteiger partial charge in [0.2, 0.25) is 0 Å². The Morgan fingerprint density at radius 3 is 3.00 bits per heavy atom. The van der Waals surface area contributed by atoms with E-state index >= 15 is 0 Å². The molecule has 3 heterocycles. The molecule has 2 aromatic heterocycles. The maximum atomic E-state index is 9.97. The van der Waals surface area contributed by atoms with Gasteiger partial charge >= 0.3 is 0 Å². The van der Waals surface area contributed by atoms with E-state index in [0.717, 1.165) is 31.1 Å². The number of nitrogens with one attached hydrogen (secondary N) is 1. The molecule has 108 valence electrons. The lowest BCUT2D eigenvalue weighted by atomic mass is 10.1. The summed E-state index contributed by atoms with van der Waals surface area (Å²) in [5, 5.41) is 16.5. The summed E-state index contributed by atoms with van der Waals surface area (Å²) in [6.45, 7) is 2.57. The van der Waals surface area contributed by atoms with E-state index in [0.29, 0.717) is 18.3 Å². The summed E-state index contributed by atoms with van der Waals surface area (Å²) in [5.74, 6) is 0.623. The Hall–Kier alpha value is -1.37. The number of nitrogens with zero attached hydrogens (tertiary/aromatic N) is 2. The molecule has 1 aliphatic rings. The first-order valence-electron chi connectivity index (χ1n) is 6.92. The standard InChI is InChI=1S/C14H19N3O2S/c18-12(13-2-1-8-19-13)10-16-11-3-6-17(7-4-11)14-15-5-9-20-14/h1-2,5,8-9,11-12,16,18H,3-4,6-7,10H2. The first-order valence-corrected chi connectivity index (χ1v) is 7.80. The molecule has 1 atom stereocenters. The average Bonchev–Trinajstić information content (AvgIpc) is 3.18. The van der Waals surface area contributed by atoms with Crippen molar-refractivity contribution in [1.29, 1.82) is 0 Å². The third-order valence-corrected chi connectivity index (χ3v) is 4.49. The molecule has 0 radical (unpaired) electrons. The normalized spacial score (nSPS) is 18.4. The molecule has 1 fully saturated rings. The van der Waals surface area contributed by atoms with Crippen molar-refractivity contribution in [3.63, 3.8) is 0 Å². The van der Waals surface area contributed by atoms with Gasteiger partial charge < -0.3 is 19.7 Å². The van der Waals surface area contributed by atoms with Gasteiger partial charge in [-0.1, -0.05) is 0 Å². The number of aliphatic hydroxyl groups excluding tert-OH is 1. The number of piperidine rings is 1. The van der Waals surface area contributed by atoms with Crippen LogP contribution in [-0.2, 0) is 0 Å². The second kappa shape index (κ2) is 6.39. The van der Waals surface area contributed by atoms with E-state index in [4.69, 9.17) is 4.42 Å². The van der Waals surface area contributed by atoms with Crippen LogP contribution >= 0.6 is 11.3 Å². The van der Waals surface area contributed by atoms with Gasteiger partial charge in [-0.05, 0) is 25.0 Å². The van der Waals surface area contributed by atoms with E-state index in [1.54, 1.807) is 29.7 Å². The van der Waals surface area contributed by atoms with Crippen LogP contribution in [0.2, 0.25) is 0 Å². The van der Waals surface area contributed by atoms with Crippen molar-refractivity contribution in [2.24, 2.45) is 0 Å².